The van der Waals surface area contributed by atoms with E-state index in [1.165, 1.54) is 10.4 Å². The zero-order chi connectivity index (χ0) is 12.1. The van der Waals surface area contributed by atoms with E-state index in [-0.39, 0.29) is 0 Å². The molecule has 0 aliphatic carbocycles. The van der Waals surface area contributed by atoms with Crippen molar-refractivity contribution in [1.82, 2.24) is 5.32 Å². The number of phenolic OH excluding ortho intramolecular Hbond substituents is 1. The molecule has 2 nitrogen and oxygen atoms in total. The second-order valence-corrected chi connectivity index (χ2v) is 5.00. The Balaban J connectivity index is 1.94. The Kier molecular flexibility index (Phi) is 4.18. The van der Waals surface area contributed by atoms with Crippen molar-refractivity contribution in [3.05, 3.63) is 52.2 Å². The van der Waals surface area contributed by atoms with Crippen molar-refractivity contribution in [3.63, 3.8) is 0 Å². The molecular weight excluding hydrogens is 230 g/mol. The number of aromatic hydroxyl groups is 1. The predicted octanol–water partition coefficient (Wildman–Crippen LogP) is 3.69. The lowest BCUT2D eigenvalue weighted by atomic mass is 10.1. The molecule has 0 saturated carbocycles. The number of benzene rings is 1. The summed E-state index contributed by atoms with van der Waals surface area (Å²) in [5, 5.41) is 14.9. The van der Waals surface area contributed by atoms with Crippen LogP contribution in [-0.4, -0.2) is 5.11 Å². The van der Waals surface area contributed by atoms with Crippen LogP contribution in [0.15, 0.2) is 41.8 Å². The van der Waals surface area contributed by atoms with E-state index in [0.29, 0.717) is 11.8 Å². The summed E-state index contributed by atoms with van der Waals surface area (Å²) in [6, 6.07) is 12.0. The maximum atomic E-state index is 9.21. The summed E-state index contributed by atoms with van der Waals surface area (Å²) in [7, 11) is 0. The average Bonchev–Trinajstić information content (AvgIpc) is 2.86. The van der Waals surface area contributed by atoms with Gasteiger partial charge in [-0.2, -0.15) is 0 Å². The van der Waals surface area contributed by atoms with Gasteiger partial charge in [0, 0.05) is 17.5 Å². The van der Waals surface area contributed by atoms with E-state index < -0.39 is 0 Å². The lowest BCUT2D eigenvalue weighted by molar-refractivity contribution is 0.474. The van der Waals surface area contributed by atoms with Crippen LogP contribution >= 0.6 is 11.3 Å². The van der Waals surface area contributed by atoms with Gasteiger partial charge in [0.25, 0.3) is 0 Å². The highest BCUT2D eigenvalue weighted by molar-refractivity contribution is 7.10. The third kappa shape index (κ3) is 3.32. The Morgan fingerprint density at radius 3 is 2.59 bits per heavy atom. The van der Waals surface area contributed by atoms with Crippen LogP contribution in [-0.2, 0) is 6.54 Å². The number of thiophene rings is 1. The summed E-state index contributed by atoms with van der Waals surface area (Å²) in [5.41, 5.74) is 1.19. The summed E-state index contributed by atoms with van der Waals surface area (Å²) in [6.07, 6.45) is 1.08. The van der Waals surface area contributed by atoms with Gasteiger partial charge >= 0.3 is 0 Å². The lowest BCUT2D eigenvalue weighted by Crippen LogP contribution is -2.19. The molecule has 1 aromatic carbocycles. The van der Waals surface area contributed by atoms with Crippen molar-refractivity contribution in [2.24, 2.45) is 0 Å². The summed E-state index contributed by atoms with van der Waals surface area (Å²) in [4.78, 5) is 1.38. The van der Waals surface area contributed by atoms with Gasteiger partial charge in [0.2, 0.25) is 0 Å². The first-order valence-corrected chi connectivity index (χ1v) is 6.72. The summed E-state index contributed by atoms with van der Waals surface area (Å²) in [5.74, 6) is 0.319. The van der Waals surface area contributed by atoms with Gasteiger partial charge in [-0.25, -0.2) is 0 Å². The normalized spacial score (nSPS) is 12.5. The fourth-order valence-corrected chi connectivity index (χ4v) is 2.68. The van der Waals surface area contributed by atoms with E-state index in [1.807, 2.05) is 12.1 Å². The van der Waals surface area contributed by atoms with Crippen LogP contribution in [0, 0.1) is 0 Å². The Bertz CT molecular complexity index is 436. The van der Waals surface area contributed by atoms with Crippen molar-refractivity contribution in [2.75, 3.05) is 0 Å². The van der Waals surface area contributed by atoms with Crippen LogP contribution in [0.1, 0.15) is 29.8 Å². The fourth-order valence-electron chi connectivity index (χ4n) is 1.79. The van der Waals surface area contributed by atoms with E-state index in [0.717, 1.165) is 13.0 Å². The lowest BCUT2D eigenvalue weighted by Gasteiger charge is -2.15. The summed E-state index contributed by atoms with van der Waals surface area (Å²) < 4.78 is 0. The molecule has 0 aliphatic rings. The number of rotatable bonds is 5. The minimum absolute atomic E-state index is 0.319. The molecule has 90 valence electrons. The number of nitrogens with one attached hydrogen (secondary N) is 1. The van der Waals surface area contributed by atoms with E-state index in [9.17, 15) is 5.11 Å². The second kappa shape index (κ2) is 5.84. The second-order valence-electron chi connectivity index (χ2n) is 4.02. The van der Waals surface area contributed by atoms with Gasteiger partial charge in [-0.05, 0) is 35.6 Å². The number of hydrogen-bond acceptors (Lipinski definition) is 3. The van der Waals surface area contributed by atoms with Crippen molar-refractivity contribution >= 4 is 11.3 Å². The topological polar surface area (TPSA) is 32.3 Å². The van der Waals surface area contributed by atoms with Gasteiger partial charge in [0.1, 0.15) is 5.75 Å². The first-order chi connectivity index (χ1) is 8.29. The largest absolute Gasteiger partial charge is 0.508 e. The van der Waals surface area contributed by atoms with Crippen molar-refractivity contribution in [2.45, 2.75) is 25.9 Å². The first kappa shape index (κ1) is 12.1. The molecule has 0 spiro atoms. The quantitative estimate of drug-likeness (QED) is 0.844. The highest BCUT2D eigenvalue weighted by Crippen LogP contribution is 2.22. The molecule has 3 heteroatoms. The molecule has 0 fully saturated rings. The molecule has 0 amide bonds. The standard InChI is InChI=1S/C14H17NOS/c1-2-13(14-4-3-9-17-14)15-10-11-5-7-12(16)8-6-11/h3-9,13,15-16H,2,10H2,1H3. The van der Waals surface area contributed by atoms with E-state index >= 15 is 0 Å². The maximum absolute atomic E-state index is 9.21. The van der Waals surface area contributed by atoms with Crippen LogP contribution in [0.5, 0.6) is 5.75 Å². The molecule has 1 aromatic heterocycles. The molecule has 0 bridgehead atoms. The van der Waals surface area contributed by atoms with E-state index in [4.69, 9.17) is 0 Å². The molecule has 1 heterocycles. The van der Waals surface area contributed by atoms with Crippen LogP contribution in [0.25, 0.3) is 0 Å². The molecule has 0 aliphatic heterocycles. The molecule has 0 saturated heterocycles. The fraction of sp³-hybridized carbons (Fsp3) is 0.286. The first-order valence-electron chi connectivity index (χ1n) is 5.84. The highest BCUT2D eigenvalue weighted by Gasteiger charge is 2.09. The van der Waals surface area contributed by atoms with Gasteiger partial charge in [0.15, 0.2) is 0 Å². The summed E-state index contributed by atoms with van der Waals surface area (Å²) >= 11 is 1.79. The Morgan fingerprint density at radius 1 is 1.24 bits per heavy atom. The van der Waals surface area contributed by atoms with Crippen LogP contribution in [0.3, 0.4) is 0 Å². The molecule has 2 aromatic rings. The van der Waals surface area contributed by atoms with Gasteiger partial charge < -0.3 is 10.4 Å². The van der Waals surface area contributed by atoms with Crippen LogP contribution in [0.4, 0.5) is 0 Å². The van der Waals surface area contributed by atoms with Gasteiger partial charge in [-0.3, -0.25) is 0 Å². The number of phenols is 1. The highest BCUT2D eigenvalue weighted by atomic mass is 32.1. The minimum atomic E-state index is 0.319. The van der Waals surface area contributed by atoms with Gasteiger partial charge in [-0.1, -0.05) is 25.1 Å². The third-order valence-corrected chi connectivity index (χ3v) is 3.77. The van der Waals surface area contributed by atoms with Gasteiger partial charge in [0.05, 0.1) is 0 Å². The smallest absolute Gasteiger partial charge is 0.115 e. The molecule has 2 N–H and O–H groups in total. The monoisotopic (exact) mass is 247 g/mol. The predicted molar refractivity (Wildman–Crippen MR) is 72.3 cm³/mol. The maximum Gasteiger partial charge on any atom is 0.115 e. The third-order valence-electron chi connectivity index (χ3n) is 2.78. The Hall–Kier alpha value is -1.32. The van der Waals surface area contributed by atoms with Crippen LogP contribution in [0.2, 0.25) is 0 Å². The molecular formula is C14H17NOS. The number of hydrogen-bond donors (Lipinski definition) is 2. The zero-order valence-corrected chi connectivity index (χ0v) is 10.7. The molecule has 2 rings (SSSR count). The van der Waals surface area contributed by atoms with Crippen molar-refractivity contribution < 1.29 is 5.11 Å². The SMILES string of the molecule is CCC(NCc1ccc(O)cc1)c1cccs1. The Labute approximate surface area is 106 Å². The van der Waals surface area contributed by atoms with E-state index in [2.05, 4.69) is 29.8 Å². The molecule has 0 radical (unpaired) electrons. The van der Waals surface area contributed by atoms with E-state index in [1.54, 1.807) is 23.5 Å². The average molecular weight is 247 g/mol. The van der Waals surface area contributed by atoms with Crippen molar-refractivity contribution in [3.8, 4) is 5.75 Å². The van der Waals surface area contributed by atoms with Crippen LogP contribution < -0.4 is 5.32 Å². The Morgan fingerprint density at radius 2 is 2.00 bits per heavy atom. The zero-order valence-electron chi connectivity index (χ0n) is 9.89. The van der Waals surface area contributed by atoms with Gasteiger partial charge in [-0.15, -0.1) is 11.3 Å². The molecule has 17 heavy (non-hydrogen) atoms. The minimum Gasteiger partial charge on any atom is -0.508 e. The van der Waals surface area contributed by atoms with Crippen molar-refractivity contribution in [1.29, 1.82) is 0 Å². The molecule has 1 atom stereocenters. The molecule has 1 unspecified atom stereocenters. The summed E-state index contributed by atoms with van der Waals surface area (Å²) in [6.45, 7) is 3.02.